The van der Waals surface area contributed by atoms with Crippen LogP contribution in [0.1, 0.15) is 38.6 Å². The maximum Gasteiger partial charge on any atom is 0.184 e. The van der Waals surface area contributed by atoms with Gasteiger partial charge in [0.15, 0.2) is 17.0 Å². The fourth-order valence-electron chi connectivity index (χ4n) is 1.84. The van der Waals surface area contributed by atoms with Gasteiger partial charge < -0.3 is 5.73 Å². The minimum Gasteiger partial charge on any atom is -0.382 e. The Labute approximate surface area is 93.9 Å². The summed E-state index contributed by atoms with van der Waals surface area (Å²) >= 11 is 0. The monoisotopic (exact) mass is 220 g/mol. The zero-order valence-corrected chi connectivity index (χ0v) is 9.80. The first-order valence-corrected chi connectivity index (χ1v) is 5.52. The fourth-order valence-corrected chi connectivity index (χ4v) is 1.84. The molecule has 2 heterocycles. The van der Waals surface area contributed by atoms with E-state index in [1.165, 1.54) is 0 Å². The van der Waals surface area contributed by atoms with Crippen molar-refractivity contribution in [1.82, 2.24) is 25.0 Å². The predicted molar refractivity (Wildman–Crippen MR) is 61.9 cm³/mol. The van der Waals surface area contributed by atoms with Crippen molar-refractivity contribution in [3.05, 3.63) is 5.82 Å². The molecule has 0 aliphatic heterocycles. The molecule has 86 valence electrons. The van der Waals surface area contributed by atoms with Crippen LogP contribution in [0.5, 0.6) is 0 Å². The lowest BCUT2D eigenvalue weighted by molar-refractivity contribution is 0.427. The first kappa shape index (κ1) is 10.8. The highest BCUT2D eigenvalue weighted by Crippen LogP contribution is 2.21. The molecule has 0 aromatic carbocycles. The van der Waals surface area contributed by atoms with Crippen molar-refractivity contribution in [2.24, 2.45) is 0 Å². The summed E-state index contributed by atoms with van der Waals surface area (Å²) in [7, 11) is 0. The second-order valence-electron chi connectivity index (χ2n) is 3.83. The quantitative estimate of drug-likeness (QED) is 0.847. The zero-order chi connectivity index (χ0) is 11.7. The van der Waals surface area contributed by atoms with Gasteiger partial charge in [-0.3, -0.25) is 0 Å². The topological polar surface area (TPSA) is 82.5 Å². The fraction of sp³-hybridized carbons (Fsp3) is 0.600. The third-order valence-corrected chi connectivity index (χ3v) is 2.75. The summed E-state index contributed by atoms with van der Waals surface area (Å²) < 4.78 is 1.85. The van der Waals surface area contributed by atoms with E-state index in [0.717, 1.165) is 18.5 Å². The highest BCUT2D eigenvalue weighted by Gasteiger charge is 2.16. The second kappa shape index (κ2) is 4.03. The van der Waals surface area contributed by atoms with Crippen LogP contribution in [0.2, 0.25) is 0 Å². The molecule has 0 unspecified atom stereocenters. The van der Waals surface area contributed by atoms with E-state index in [-0.39, 0.29) is 0 Å². The van der Waals surface area contributed by atoms with E-state index in [2.05, 4.69) is 34.1 Å². The average molecular weight is 220 g/mol. The highest BCUT2D eigenvalue weighted by atomic mass is 15.5. The Bertz CT molecular complexity index is 499. The molecule has 0 radical (unpaired) electrons. The van der Waals surface area contributed by atoms with Crippen LogP contribution in [-0.4, -0.2) is 25.0 Å². The normalized spacial score (nSPS) is 11.5. The minimum absolute atomic E-state index is 0.318. The largest absolute Gasteiger partial charge is 0.382 e. The summed E-state index contributed by atoms with van der Waals surface area (Å²) in [6, 6.07) is 0.318. The SMILES string of the molecule is CCC(CC)n1nnc2c(N)nc(C)nc21. The maximum atomic E-state index is 5.79. The van der Waals surface area contributed by atoms with Gasteiger partial charge in [0.25, 0.3) is 0 Å². The highest BCUT2D eigenvalue weighted by molar-refractivity contribution is 5.80. The molecule has 0 aliphatic rings. The van der Waals surface area contributed by atoms with Crippen LogP contribution in [0, 0.1) is 6.92 Å². The molecule has 2 aromatic rings. The van der Waals surface area contributed by atoms with Crippen molar-refractivity contribution in [2.45, 2.75) is 39.7 Å². The third kappa shape index (κ3) is 1.60. The third-order valence-electron chi connectivity index (χ3n) is 2.75. The molecule has 0 fully saturated rings. The second-order valence-corrected chi connectivity index (χ2v) is 3.83. The van der Waals surface area contributed by atoms with Gasteiger partial charge in [0.2, 0.25) is 0 Å². The zero-order valence-electron chi connectivity index (χ0n) is 9.80. The van der Waals surface area contributed by atoms with Crippen LogP contribution in [0.4, 0.5) is 5.82 Å². The van der Waals surface area contributed by atoms with Crippen LogP contribution in [0.3, 0.4) is 0 Å². The summed E-state index contributed by atoms with van der Waals surface area (Å²) in [4.78, 5) is 8.44. The van der Waals surface area contributed by atoms with Gasteiger partial charge >= 0.3 is 0 Å². The smallest absolute Gasteiger partial charge is 0.184 e. The lowest BCUT2D eigenvalue weighted by Crippen LogP contribution is -2.10. The van der Waals surface area contributed by atoms with Crippen molar-refractivity contribution in [2.75, 3.05) is 5.73 Å². The van der Waals surface area contributed by atoms with Crippen LogP contribution >= 0.6 is 0 Å². The summed E-state index contributed by atoms with van der Waals surface area (Å²) in [5.74, 6) is 1.05. The molecule has 6 heteroatoms. The van der Waals surface area contributed by atoms with Crippen molar-refractivity contribution < 1.29 is 0 Å². The Morgan fingerprint density at radius 2 is 1.94 bits per heavy atom. The van der Waals surface area contributed by atoms with Crippen molar-refractivity contribution in [3.63, 3.8) is 0 Å². The van der Waals surface area contributed by atoms with E-state index in [1.54, 1.807) is 0 Å². The number of nitrogens with two attached hydrogens (primary N) is 1. The Hall–Kier alpha value is -1.72. The van der Waals surface area contributed by atoms with E-state index >= 15 is 0 Å². The Kier molecular flexibility index (Phi) is 2.72. The molecular formula is C10H16N6. The van der Waals surface area contributed by atoms with Gasteiger partial charge in [0.05, 0.1) is 6.04 Å². The molecule has 0 spiro atoms. The van der Waals surface area contributed by atoms with Gasteiger partial charge in [-0.25, -0.2) is 14.6 Å². The lowest BCUT2D eigenvalue weighted by Gasteiger charge is -2.12. The average Bonchev–Trinajstić information content (AvgIpc) is 2.64. The number of aromatic nitrogens is 5. The van der Waals surface area contributed by atoms with Gasteiger partial charge in [-0.1, -0.05) is 19.1 Å². The van der Waals surface area contributed by atoms with E-state index < -0.39 is 0 Å². The first-order chi connectivity index (χ1) is 7.67. The van der Waals surface area contributed by atoms with Gasteiger partial charge in [0.1, 0.15) is 5.82 Å². The summed E-state index contributed by atoms with van der Waals surface area (Å²) in [6.45, 7) is 6.07. The molecule has 6 nitrogen and oxygen atoms in total. The van der Waals surface area contributed by atoms with E-state index in [0.29, 0.717) is 23.2 Å². The number of fused-ring (bicyclic) bond motifs is 1. The van der Waals surface area contributed by atoms with Crippen LogP contribution < -0.4 is 5.73 Å². The first-order valence-electron chi connectivity index (χ1n) is 5.52. The molecule has 0 saturated carbocycles. The maximum absolute atomic E-state index is 5.79. The minimum atomic E-state index is 0.318. The predicted octanol–water partition coefficient (Wildman–Crippen LogP) is 1.47. The van der Waals surface area contributed by atoms with E-state index in [1.807, 2.05) is 11.6 Å². The summed E-state index contributed by atoms with van der Waals surface area (Å²) in [6.07, 6.45) is 2.00. The van der Waals surface area contributed by atoms with Crippen LogP contribution in [-0.2, 0) is 0 Å². The number of rotatable bonds is 3. The molecule has 0 amide bonds. The Balaban J connectivity index is 2.63. The molecule has 2 rings (SSSR count). The van der Waals surface area contributed by atoms with Gasteiger partial charge in [-0.05, 0) is 19.8 Å². The number of nitrogen functional groups attached to an aromatic ring is 1. The van der Waals surface area contributed by atoms with Gasteiger partial charge in [-0.2, -0.15) is 0 Å². The van der Waals surface area contributed by atoms with Crippen molar-refractivity contribution >= 4 is 17.0 Å². The molecule has 0 atom stereocenters. The van der Waals surface area contributed by atoms with Crippen molar-refractivity contribution in [3.8, 4) is 0 Å². The summed E-state index contributed by atoms with van der Waals surface area (Å²) in [5, 5.41) is 8.16. The number of anilines is 1. The molecule has 2 N–H and O–H groups in total. The molecular weight excluding hydrogens is 204 g/mol. The Morgan fingerprint density at radius 1 is 1.25 bits per heavy atom. The van der Waals surface area contributed by atoms with Gasteiger partial charge in [-0.15, -0.1) is 5.10 Å². The number of hydrogen-bond donors (Lipinski definition) is 1. The molecule has 16 heavy (non-hydrogen) atoms. The lowest BCUT2D eigenvalue weighted by atomic mass is 10.2. The Morgan fingerprint density at radius 3 is 2.56 bits per heavy atom. The van der Waals surface area contributed by atoms with E-state index in [9.17, 15) is 0 Å². The molecule has 0 saturated heterocycles. The number of aryl methyl sites for hydroxylation is 1. The van der Waals surface area contributed by atoms with Crippen LogP contribution in [0.25, 0.3) is 11.2 Å². The van der Waals surface area contributed by atoms with E-state index in [4.69, 9.17) is 5.73 Å². The van der Waals surface area contributed by atoms with Crippen molar-refractivity contribution in [1.29, 1.82) is 0 Å². The van der Waals surface area contributed by atoms with Crippen LogP contribution in [0.15, 0.2) is 0 Å². The number of hydrogen-bond acceptors (Lipinski definition) is 5. The standard InChI is InChI=1S/C10H16N6/c1-4-7(5-2)16-10-8(14-15-16)9(11)12-6(3)13-10/h7H,4-5H2,1-3H3,(H2,11,12,13). The molecule has 0 bridgehead atoms. The molecule has 0 aliphatic carbocycles. The number of nitrogens with zero attached hydrogens (tertiary/aromatic N) is 5. The molecule has 2 aromatic heterocycles. The van der Waals surface area contributed by atoms with Gasteiger partial charge in [0, 0.05) is 0 Å². The summed E-state index contributed by atoms with van der Waals surface area (Å²) in [5.41, 5.74) is 7.12.